The van der Waals surface area contributed by atoms with Crippen molar-refractivity contribution in [3.8, 4) is 5.75 Å². The molecule has 1 saturated heterocycles. The van der Waals surface area contributed by atoms with Crippen molar-refractivity contribution in [2.24, 2.45) is 5.92 Å². The van der Waals surface area contributed by atoms with Gasteiger partial charge in [0.15, 0.2) is 0 Å². The van der Waals surface area contributed by atoms with Gasteiger partial charge < -0.3 is 10.1 Å². The predicted molar refractivity (Wildman–Crippen MR) is 85.2 cm³/mol. The first kappa shape index (κ1) is 15.4. The van der Waals surface area contributed by atoms with Crippen molar-refractivity contribution >= 4 is 0 Å². The van der Waals surface area contributed by atoms with E-state index in [9.17, 15) is 0 Å². The van der Waals surface area contributed by atoms with Crippen LogP contribution in [0.15, 0.2) is 24.3 Å². The molecule has 0 radical (unpaired) electrons. The molecule has 0 aliphatic carbocycles. The molecule has 0 spiro atoms. The van der Waals surface area contributed by atoms with E-state index < -0.39 is 0 Å². The number of rotatable bonds is 4. The number of hydrogen-bond acceptors (Lipinski definition) is 2. The summed E-state index contributed by atoms with van der Waals surface area (Å²) >= 11 is 0. The van der Waals surface area contributed by atoms with E-state index in [-0.39, 0.29) is 11.6 Å². The van der Waals surface area contributed by atoms with Gasteiger partial charge in [-0.3, -0.25) is 0 Å². The average molecular weight is 275 g/mol. The summed E-state index contributed by atoms with van der Waals surface area (Å²) in [4.78, 5) is 0. The lowest BCUT2D eigenvalue weighted by molar-refractivity contribution is 0.228. The van der Waals surface area contributed by atoms with Crippen LogP contribution < -0.4 is 10.1 Å². The molecule has 1 aromatic carbocycles. The molecule has 1 aromatic rings. The molecule has 112 valence electrons. The lowest BCUT2D eigenvalue weighted by Gasteiger charge is -2.38. The van der Waals surface area contributed by atoms with Crippen molar-refractivity contribution in [1.29, 1.82) is 0 Å². The van der Waals surface area contributed by atoms with Crippen LogP contribution in [-0.4, -0.2) is 12.6 Å². The highest BCUT2D eigenvalue weighted by molar-refractivity contribution is 5.33. The summed E-state index contributed by atoms with van der Waals surface area (Å²) in [5.41, 5.74) is 1.54. The molecule has 20 heavy (non-hydrogen) atoms. The maximum absolute atomic E-state index is 5.75. The largest absolute Gasteiger partial charge is 0.491 e. The third kappa shape index (κ3) is 3.35. The van der Waals surface area contributed by atoms with E-state index in [1.165, 1.54) is 31.2 Å². The normalized spacial score (nSPS) is 23.9. The van der Waals surface area contributed by atoms with Crippen molar-refractivity contribution in [1.82, 2.24) is 5.32 Å². The third-order valence-corrected chi connectivity index (χ3v) is 4.42. The highest BCUT2D eigenvalue weighted by Crippen LogP contribution is 2.37. The summed E-state index contributed by atoms with van der Waals surface area (Å²) in [6, 6.07) is 8.73. The van der Waals surface area contributed by atoms with Crippen LogP contribution in [-0.2, 0) is 5.54 Å². The van der Waals surface area contributed by atoms with Gasteiger partial charge in [0, 0.05) is 5.54 Å². The standard InChI is InChI=1S/C18H29NO/c1-14(2)18(12-6-5-7-13-19-18)16-8-10-17(11-9-16)20-15(3)4/h8-11,14-15,19H,5-7,12-13H2,1-4H3. The summed E-state index contributed by atoms with van der Waals surface area (Å²) in [7, 11) is 0. The van der Waals surface area contributed by atoms with Crippen molar-refractivity contribution < 1.29 is 4.74 Å². The number of hydrogen-bond donors (Lipinski definition) is 1. The van der Waals surface area contributed by atoms with Crippen LogP contribution in [0.5, 0.6) is 5.75 Å². The Hall–Kier alpha value is -1.02. The second kappa shape index (κ2) is 6.62. The summed E-state index contributed by atoms with van der Waals surface area (Å²) in [6.45, 7) is 9.92. The first-order valence-corrected chi connectivity index (χ1v) is 8.07. The molecule has 1 fully saturated rings. The van der Waals surface area contributed by atoms with E-state index in [0.29, 0.717) is 5.92 Å². The molecule has 2 rings (SSSR count). The van der Waals surface area contributed by atoms with Gasteiger partial charge in [-0.25, -0.2) is 0 Å². The molecule has 0 amide bonds. The lowest BCUT2D eigenvalue weighted by atomic mass is 9.76. The molecule has 1 aliphatic heterocycles. The molecule has 0 saturated carbocycles. The van der Waals surface area contributed by atoms with E-state index in [2.05, 4.69) is 57.3 Å². The Morgan fingerprint density at radius 3 is 2.30 bits per heavy atom. The molecular formula is C18H29NO. The zero-order valence-corrected chi connectivity index (χ0v) is 13.4. The van der Waals surface area contributed by atoms with Gasteiger partial charge >= 0.3 is 0 Å². The van der Waals surface area contributed by atoms with Gasteiger partial charge in [-0.15, -0.1) is 0 Å². The first-order valence-electron chi connectivity index (χ1n) is 8.07. The average Bonchev–Trinajstić information content (AvgIpc) is 2.65. The van der Waals surface area contributed by atoms with Crippen LogP contribution in [0.25, 0.3) is 0 Å². The van der Waals surface area contributed by atoms with Crippen molar-refractivity contribution in [3.63, 3.8) is 0 Å². The Bertz CT molecular complexity index is 400. The highest BCUT2D eigenvalue weighted by atomic mass is 16.5. The second-order valence-corrected chi connectivity index (χ2v) is 6.55. The van der Waals surface area contributed by atoms with Crippen LogP contribution >= 0.6 is 0 Å². The van der Waals surface area contributed by atoms with Gasteiger partial charge in [-0.2, -0.15) is 0 Å². The zero-order valence-electron chi connectivity index (χ0n) is 13.4. The molecule has 0 aromatic heterocycles. The van der Waals surface area contributed by atoms with Crippen LogP contribution in [0, 0.1) is 5.92 Å². The summed E-state index contributed by atoms with van der Waals surface area (Å²) in [6.07, 6.45) is 5.42. The maximum atomic E-state index is 5.75. The monoisotopic (exact) mass is 275 g/mol. The number of nitrogens with one attached hydrogen (secondary N) is 1. The van der Waals surface area contributed by atoms with Crippen molar-refractivity contribution in [2.75, 3.05) is 6.54 Å². The van der Waals surface area contributed by atoms with Gasteiger partial charge in [-0.05, 0) is 56.8 Å². The fourth-order valence-electron chi connectivity index (χ4n) is 3.28. The topological polar surface area (TPSA) is 21.3 Å². The van der Waals surface area contributed by atoms with Crippen LogP contribution in [0.3, 0.4) is 0 Å². The molecule has 1 N–H and O–H groups in total. The molecule has 2 heteroatoms. The van der Waals surface area contributed by atoms with Gasteiger partial charge in [0.2, 0.25) is 0 Å². The third-order valence-electron chi connectivity index (χ3n) is 4.42. The van der Waals surface area contributed by atoms with Gasteiger partial charge in [-0.1, -0.05) is 38.8 Å². The van der Waals surface area contributed by atoms with Crippen molar-refractivity contribution in [2.45, 2.75) is 65.0 Å². The van der Waals surface area contributed by atoms with E-state index in [1.54, 1.807) is 0 Å². The molecule has 1 unspecified atom stereocenters. The molecular weight excluding hydrogens is 246 g/mol. The molecule has 1 atom stereocenters. The summed E-state index contributed by atoms with van der Waals surface area (Å²) in [5.74, 6) is 1.56. The molecule has 1 heterocycles. The van der Waals surface area contributed by atoms with Gasteiger partial charge in [0.25, 0.3) is 0 Å². The number of ether oxygens (including phenoxy) is 1. The Kier molecular flexibility index (Phi) is 5.09. The minimum Gasteiger partial charge on any atom is -0.491 e. The summed E-state index contributed by atoms with van der Waals surface area (Å²) in [5, 5.41) is 3.83. The fraction of sp³-hybridized carbons (Fsp3) is 0.667. The van der Waals surface area contributed by atoms with Crippen LogP contribution in [0.1, 0.15) is 58.9 Å². The Morgan fingerprint density at radius 1 is 1.00 bits per heavy atom. The zero-order chi connectivity index (χ0) is 14.6. The summed E-state index contributed by atoms with van der Waals surface area (Å²) < 4.78 is 5.75. The molecule has 1 aliphatic rings. The van der Waals surface area contributed by atoms with Gasteiger partial charge in [0.1, 0.15) is 5.75 Å². The number of benzene rings is 1. The minimum absolute atomic E-state index is 0.132. The van der Waals surface area contributed by atoms with E-state index in [1.807, 2.05) is 0 Å². The minimum atomic E-state index is 0.132. The highest BCUT2D eigenvalue weighted by Gasteiger charge is 2.35. The van der Waals surface area contributed by atoms with Crippen LogP contribution in [0.4, 0.5) is 0 Å². The van der Waals surface area contributed by atoms with E-state index in [0.717, 1.165) is 12.3 Å². The van der Waals surface area contributed by atoms with Crippen LogP contribution in [0.2, 0.25) is 0 Å². The first-order chi connectivity index (χ1) is 9.54. The molecule has 0 bridgehead atoms. The Morgan fingerprint density at radius 2 is 1.70 bits per heavy atom. The van der Waals surface area contributed by atoms with E-state index in [4.69, 9.17) is 4.74 Å². The Labute approximate surface area is 123 Å². The SMILES string of the molecule is CC(C)Oc1ccc(C2(C(C)C)CCCCCN2)cc1. The lowest BCUT2D eigenvalue weighted by Crippen LogP contribution is -2.46. The quantitative estimate of drug-likeness (QED) is 0.874. The predicted octanol–water partition coefficient (Wildman–Crippen LogP) is 4.49. The second-order valence-electron chi connectivity index (χ2n) is 6.55. The maximum Gasteiger partial charge on any atom is 0.119 e. The Balaban J connectivity index is 2.25. The fourth-order valence-corrected chi connectivity index (χ4v) is 3.28. The smallest absolute Gasteiger partial charge is 0.119 e. The van der Waals surface area contributed by atoms with Gasteiger partial charge in [0.05, 0.1) is 6.10 Å². The van der Waals surface area contributed by atoms with E-state index >= 15 is 0 Å². The molecule has 2 nitrogen and oxygen atoms in total. The van der Waals surface area contributed by atoms with Crippen molar-refractivity contribution in [3.05, 3.63) is 29.8 Å².